The second-order valence-electron chi connectivity index (χ2n) is 3.99. The fourth-order valence-electron chi connectivity index (χ4n) is 1.78. The highest BCUT2D eigenvalue weighted by atomic mass is 35.5. The van der Waals surface area contributed by atoms with Gasteiger partial charge in [-0.2, -0.15) is 17.2 Å². The van der Waals surface area contributed by atoms with E-state index in [0.717, 1.165) is 11.7 Å². The van der Waals surface area contributed by atoms with E-state index in [1.165, 1.54) is 6.07 Å². The maximum Gasteiger partial charge on any atom is 0.446 e. The van der Waals surface area contributed by atoms with E-state index in [9.17, 15) is 8.42 Å². The first-order valence-corrected chi connectivity index (χ1v) is 8.08. The molecule has 1 aliphatic rings. The summed E-state index contributed by atoms with van der Waals surface area (Å²) in [7, 11) is -4.68. The van der Waals surface area contributed by atoms with Crippen molar-refractivity contribution in [3.05, 3.63) is 11.1 Å². The Balaban J connectivity index is 2.08. The predicted octanol–water partition coefficient (Wildman–Crippen LogP) is 0.897. The molecular weight excluding hydrogens is 342 g/mol. The lowest BCUT2D eigenvalue weighted by atomic mass is 10.2. The Hall–Kier alpha value is -1.69. The summed E-state index contributed by atoms with van der Waals surface area (Å²) in [6.07, 6.45) is 0. The van der Waals surface area contributed by atoms with Crippen molar-refractivity contribution in [2.24, 2.45) is 4.99 Å². The van der Waals surface area contributed by atoms with Crippen LogP contribution in [0.25, 0.3) is 11.0 Å². The van der Waals surface area contributed by atoms with Crippen molar-refractivity contribution >= 4 is 56.4 Å². The molecule has 112 valence electrons. The van der Waals surface area contributed by atoms with Crippen molar-refractivity contribution in [1.29, 1.82) is 0 Å². The first-order valence-electron chi connectivity index (χ1n) is 5.61. The summed E-state index contributed by atoms with van der Waals surface area (Å²) in [4.78, 5) is 4.17. The van der Waals surface area contributed by atoms with Crippen LogP contribution in [-0.4, -0.2) is 40.8 Å². The zero-order valence-corrected chi connectivity index (χ0v) is 12.6. The minimum absolute atomic E-state index is 0.158. The average molecular weight is 350 g/mol. The first-order chi connectivity index (χ1) is 9.94. The van der Waals surface area contributed by atoms with Gasteiger partial charge in [0.2, 0.25) is 0 Å². The molecule has 0 bridgehead atoms. The highest BCUT2D eigenvalue weighted by molar-refractivity contribution is 7.81. The number of fused-ring (bicyclic) bond motifs is 1. The van der Waals surface area contributed by atoms with Crippen LogP contribution in [0.1, 0.15) is 0 Å². The molecule has 1 aromatic carbocycles. The molecular formula is C9H8ClN5O4S2. The number of benzene rings is 1. The van der Waals surface area contributed by atoms with E-state index in [2.05, 4.69) is 28.6 Å². The number of aromatic nitrogens is 2. The highest BCUT2D eigenvalue weighted by Crippen LogP contribution is 2.37. The number of guanidine groups is 1. The molecule has 0 radical (unpaired) electrons. The quantitative estimate of drug-likeness (QED) is 0.698. The van der Waals surface area contributed by atoms with Crippen LogP contribution in [-0.2, 0) is 10.4 Å². The summed E-state index contributed by atoms with van der Waals surface area (Å²) in [6.45, 7) is 1.35. The lowest BCUT2D eigenvalue weighted by molar-refractivity contribution is 0.388. The van der Waals surface area contributed by atoms with Crippen molar-refractivity contribution in [1.82, 2.24) is 14.1 Å². The molecule has 0 unspecified atom stereocenters. The molecule has 0 amide bonds. The van der Waals surface area contributed by atoms with Crippen LogP contribution in [0.2, 0.25) is 5.02 Å². The molecule has 0 saturated heterocycles. The third-order valence-electron chi connectivity index (χ3n) is 2.57. The Labute approximate surface area is 128 Å². The number of anilines is 1. The lowest BCUT2D eigenvalue weighted by Crippen LogP contribution is -2.26. The summed E-state index contributed by atoms with van der Waals surface area (Å²) in [5, 5.41) is 6.14. The molecule has 9 nitrogen and oxygen atoms in total. The number of nitrogens with one attached hydrogen (secondary N) is 2. The van der Waals surface area contributed by atoms with Gasteiger partial charge in [-0.15, -0.1) is 0 Å². The van der Waals surface area contributed by atoms with Crippen LogP contribution in [0.15, 0.2) is 11.1 Å². The molecule has 21 heavy (non-hydrogen) atoms. The smallest absolute Gasteiger partial charge is 0.359 e. The number of halogens is 1. The Bertz CT molecular complexity index is 834. The maximum absolute atomic E-state index is 10.8. The Morgan fingerprint density at radius 1 is 1.43 bits per heavy atom. The van der Waals surface area contributed by atoms with Crippen molar-refractivity contribution in [3.63, 3.8) is 0 Å². The topological polar surface area (TPSA) is 126 Å². The van der Waals surface area contributed by atoms with Gasteiger partial charge >= 0.3 is 10.4 Å². The molecule has 2 heterocycles. The van der Waals surface area contributed by atoms with Gasteiger partial charge in [-0.1, -0.05) is 11.6 Å². The van der Waals surface area contributed by atoms with Crippen LogP contribution in [0.3, 0.4) is 0 Å². The summed E-state index contributed by atoms with van der Waals surface area (Å²) in [5.74, 6) is 0.341. The molecule has 0 atom stereocenters. The fraction of sp³-hybridized carbons (Fsp3) is 0.222. The van der Waals surface area contributed by atoms with Gasteiger partial charge in [0.05, 0.1) is 29.0 Å². The minimum Gasteiger partial charge on any atom is -0.359 e. The Kier molecular flexibility index (Phi) is 3.57. The summed E-state index contributed by atoms with van der Waals surface area (Å²) < 4.78 is 42.9. The van der Waals surface area contributed by atoms with E-state index < -0.39 is 10.4 Å². The van der Waals surface area contributed by atoms with Crippen LogP contribution in [0, 0.1) is 0 Å². The summed E-state index contributed by atoms with van der Waals surface area (Å²) in [6, 6.07) is 1.23. The van der Waals surface area contributed by atoms with Gasteiger partial charge in [0.25, 0.3) is 0 Å². The van der Waals surface area contributed by atoms with Crippen LogP contribution < -0.4 is 14.8 Å². The molecule has 0 fully saturated rings. The van der Waals surface area contributed by atoms with E-state index in [-0.39, 0.29) is 16.3 Å². The molecule has 12 heteroatoms. The van der Waals surface area contributed by atoms with E-state index in [1.807, 2.05) is 0 Å². The molecule has 3 rings (SSSR count). The van der Waals surface area contributed by atoms with Gasteiger partial charge < -0.3 is 14.8 Å². The van der Waals surface area contributed by atoms with Gasteiger partial charge in [0.15, 0.2) is 17.2 Å². The summed E-state index contributed by atoms with van der Waals surface area (Å²) >= 11 is 6.97. The molecule has 0 spiro atoms. The van der Waals surface area contributed by atoms with E-state index in [0.29, 0.717) is 30.3 Å². The molecule has 0 aliphatic carbocycles. The SMILES string of the molecule is O=S(=O)(O)Oc1cc(Cl)c(NC2=NCCN2)c2nsnc12. The van der Waals surface area contributed by atoms with E-state index in [1.54, 1.807) is 0 Å². The van der Waals surface area contributed by atoms with Gasteiger partial charge in [0, 0.05) is 12.6 Å². The Morgan fingerprint density at radius 2 is 2.19 bits per heavy atom. The minimum atomic E-state index is -4.68. The number of hydrogen-bond acceptors (Lipinski definition) is 9. The monoisotopic (exact) mass is 349 g/mol. The van der Waals surface area contributed by atoms with Crippen molar-refractivity contribution in [2.75, 3.05) is 18.4 Å². The first kappa shape index (κ1) is 14.3. The lowest BCUT2D eigenvalue weighted by Gasteiger charge is -2.10. The standard InChI is InChI=1S/C9H8ClN5O4S2/c10-4-3-5(19-21(16,17)18)7-8(15-20-14-7)6(4)13-9-11-1-2-12-9/h3H,1-2H2,(H2,11,12,13)(H,16,17,18). The summed E-state index contributed by atoms with van der Waals surface area (Å²) in [5.41, 5.74) is 0.918. The number of nitrogens with zero attached hydrogens (tertiary/aromatic N) is 3. The van der Waals surface area contributed by atoms with Gasteiger partial charge in [-0.3, -0.25) is 9.55 Å². The van der Waals surface area contributed by atoms with Crippen LogP contribution in [0.5, 0.6) is 5.75 Å². The Morgan fingerprint density at radius 3 is 2.86 bits per heavy atom. The second-order valence-corrected chi connectivity index (χ2v) is 5.94. The molecule has 3 N–H and O–H groups in total. The number of hydrogen-bond donors (Lipinski definition) is 3. The van der Waals surface area contributed by atoms with Crippen molar-refractivity contribution < 1.29 is 17.2 Å². The predicted molar refractivity (Wildman–Crippen MR) is 78.5 cm³/mol. The van der Waals surface area contributed by atoms with Crippen LogP contribution in [0.4, 0.5) is 5.69 Å². The van der Waals surface area contributed by atoms with Gasteiger partial charge in [0.1, 0.15) is 5.52 Å². The molecule has 0 saturated carbocycles. The zero-order valence-electron chi connectivity index (χ0n) is 10.2. The number of aliphatic imine (C=N–C) groups is 1. The van der Waals surface area contributed by atoms with Crippen molar-refractivity contribution in [3.8, 4) is 5.75 Å². The third-order valence-corrected chi connectivity index (χ3v) is 3.78. The van der Waals surface area contributed by atoms with Crippen molar-refractivity contribution in [2.45, 2.75) is 0 Å². The average Bonchev–Trinajstić information content (AvgIpc) is 3.03. The molecule has 2 aromatic rings. The number of rotatable bonds is 3. The molecule has 1 aromatic heterocycles. The normalized spacial score (nSPS) is 14.9. The highest BCUT2D eigenvalue weighted by Gasteiger charge is 2.20. The molecule has 1 aliphatic heterocycles. The van der Waals surface area contributed by atoms with Crippen LogP contribution >= 0.6 is 23.3 Å². The van der Waals surface area contributed by atoms with Gasteiger partial charge in [-0.05, 0) is 0 Å². The van der Waals surface area contributed by atoms with E-state index in [4.69, 9.17) is 16.2 Å². The fourth-order valence-corrected chi connectivity index (χ4v) is 2.93. The zero-order chi connectivity index (χ0) is 15.0. The van der Waals surface area contributed by atoms with E-state index >= 15 is 0 Å². The third kappa shape index (κ3) is 3.00. The largest absolute Gasteiger partial charge is 0.446 e. The second kappa shape index (κ2) is 5.26. The van der Waals surface area contributed by atoms with Gasteiger partial charge in [-0.25, -0.2) is 0 Å². The maximum atomic E-state index is 10.8.